The third-order valence-corrected chi connectivity index (χ3v) is 3.84. The molecule has 2 amide bonds. The van der Waals surface area contributed by atoms with Crippen molar-refractivity contribution in [3.05, 3.63) is 70.8 Å². The van der Waals surface area contributed by atoms with Gasteiger partial charge in [-0.05, 0) is 47.0 Å². The highest BCUT2D eigenvalue weighted by Crippen LogP contribution is 2.33. The lowest BCUT2D eigenvalue weighted by Crippen LogP contribution is -2.30. The Morgan fingerprint density at radius 2 is 1.61 bits per heavy atom. The summed E-state index contributed by atoms with van der Waals surface area (Å²) in [5.41, 5.74) is 1.00. The maximum absolute atomic E-state index is 12.6. The minimum Gasteiger partial charge on any atom is -0.268 e. The van der Waals surface area contributed by atoms with Crippen LogP contribution < -0.4 is 4.90 Å². The predicted molar refractivity (Wildman–Crippen MR) is 84.8 cm³/mol. The summed E-state index contributed by atoms with van der Waals surface area (Å²) >= 11 is 0. The van der Waals surface area contributed by atoms with Crippen LogP contribution in [0.5, 0.6) is 0 Å². The van der Waals surface area contributed by atoms with Gasteiger partial charge < -0.3 is 0 Å². The minimum absolute atomic E-state index is 0.256. The number of carbonyl (C=O) groups excluding carboxylic acids is 2. The van der Waals surface area contributed by atoms with Crippen LogP contribution in [0.4, 0.5) is 11.5 Å². The van der Waals surface area contributed by atoms with Gasteiger partial charge in [-0.15, -0.1) is 4.91 Å². The molecule has 0 bridgehead atoms. The molecular weight excluding hydrogens is 294 g/mol. The highest BCUT2D eigenvalue weighted by molar-refractivity contribution is 6.35. The normalized spacial score (nSPS) is 13.5. The lowest BCUT2D eigenvalue weighted by Gasteiger charge is -2.15. The molecule has 1 aromatic heterocycles. The summed E-state index contributed by atoms with van der Waals surface area (Å²) in [5, 5.41) is 4.18. The number of pyridine rings is 1. The van der Waals surface area contributed by atoms with E-state index in [0.29, 0.717) is 21.9 Å². The topological polar surface area (TPSA) is 79.7 Å². The van der Waals surface area contributed by atoms with Crippen molar-refractivity contribution in [3.8, 4) is 0 Å². The van der Waals surface area contributed by atoms with E-state index in [1.54, 1.807) is 42.5 Å². The maximum Gasteiger partial charge on any atom is 0.267 e. The first-order chi connectivity index (χ1) is 11.2. The van der Waals surface area contributed by atoms with Crippen molar-refractivity contribution < 1.29 is 9.59 Å². The van der Waals surface area contributed by atoms with E-state index < -0.39 is 11.8 Å². The van der Waals surface area contributed by atoms with Crippen LogP contribution in [0.25, 0.3) is 10.8 Å². The molecule has 3 aromatic rings. The van der Waals surface area contributed by atoms with E-state index >= 15 is 0 Å². The Bertz CT molecular complexity index is 962. The summed E-state index contributed by atoms with van der Waals surface area (Å²) in [6, 6.07) is 13.1. The molecule has 1 aliphatic heterocycles. The molecule has 0 saturated heterocycles. The van der Waals surface area contributed by atoms with Gasteiger partial charge in [-0.2, -0.15) is 0 Å². The van der Waals surface area contributed by atoms with Gasteiger partial charge in [-0.1, -0.05) is 12.1 Å². The number of benzene rings is 2. The van der Waals surface area contributed by atoms with Crippen LogP contribution in [0.1, 0.15) is 20.7 Å². The molecule has 6 nitrogen and oxygen atoms in total. The number of fused-ring (bicyclic) bond motifs is 2. The summed E-state index contributed by atoms with van der Waals surface area (Å²) in [6.07, 6.45) is 1.50. The van der Waals surface area contributed by atoms with Crippen molar-refractivity contribution in [1.82, 2.24) is 4.98 Å². The first-order valence-corrected chi connectivity index (χ1v) is 6.90. The second kappa shape index (κ2) is 4.81. The average molecular weight is 303 g/mol. The quantitative estimate of drug-likeness (QED) is 0.536. The Morgan fingerprint density at radius 1 is 0.913 bits per heavy atom. The molecule has 0 aliphatic carbocycles. The van der Waals surface area contributed by atoms with Gasteiger partial charge in [0.15, 0.2) is 5.82 Å². The van der Waals surface area contributed by atoms with Crippen LogP contribution in [0.3, 0.4) is 0 Å². The van der Waals surface area contributed by atoms with Gasteiger partial charge >= 0.3 is 0 Å². The molecule has 1 aliphatic rings. The number of nitrogens with zero attached hydrogens (tertiary/aromatic N) is 3. The molecular formula is C17H9N3O3. The van der Waals surface area contributed by atoms with Gasteiger partial charge in [0.2, 0.25) is 0 Å². The van der Waals surface area contributed by atoms with E-state index in [2.05, 4.69) is 10.2 Å². The van der Waals surface area contributed by atoms with Gasteiger partial charge in [-0.25, -0.2) is 9.88 Å². The number of carbonyl (C=O) groups is 2. The summed E-state index contributed by atoms with van der Waals surface area (Å²) in [4.78, 5) is 41.1. The average Bonchev–Trinajstić information content (AvgIpc) is 2.85. The van der Waals surface area contributed by atoms with Gasteiger partial charge in [-0.3, -0.25) is 9.59 Å². The highest BCUT2D eigenvalue weighted by Gasteiger charge is 2.37. The summed E-state index contributed by atoms with van der Waals surface area (Å²) in [6.45, 7) is 0. The summed E-state index contributed by atoms with van der Waals surface area (Å²) in [5.74, 6) is -0.544. The van der Waals surface area contributed by atoms with Gasteiger partial charge in [0.1, 0.15) is 5.69 Å². The molecule has 0 unspecified atom stereocenters. The molecule has 110 valence electrons. The fourth-order valence-corrected chi connectivity index (χ4v) is 2.77. The van der Waals surface area contributed by atoms with Crippen LogP contribution in [0.15, 0.2) is 59.9 Å². The molecule has 0 atom stereocenters. The van der Waals surface area contributed by atoms with Crippen LogP contribution in [-0.2, 0) is 0 Å². The summed E-state index contributed by atoms with van der Waals surface area (Å²) < 4.78 is 0. The van der Waals surface area contributed by atoms with Gasteiger partial charge in [0.05, 0.1) is 11.1 Å². The van der Waals surface area contributed by atoms with Crippen LogP contribution in [0, 0.1) is 4.91 Å². The largest absolute Gasteiger partial charge is 0.268 e. The smallest absolute Gasteiger partial charge is 0.267 e. The Labute approximate surface area is 130 Å². The number of rotatable bonds is 2. The van der Waals surface area contributed by atoms with Crippen LogP contribution >= 0.6 is 0 Å². The van der Waals surface area contributed by atoms with Crippen molar-refractivity contribution in [1.29, 1.82) is 0 Å². The zero-order chi connectivity index (χ0) is 16.0. The predicted octanol–water partition coefficient (Wildman–Crippen LogP) is 3.43. The molecule has 0 saturated carbocycles. The standard InChI is InChI=1S/C17H9N3O3/c21-16-13-3-1-2-4-14(13)17(22)20(16)15-12-6-5-11(19-23)9-10(12)7-8-18-15/h1-9H. The van der Waals surface area contributed by atoms with E-state index in [1.807, 2.05) is 0 Å². The van der Waals surface area contributed by atoms with E-state index in [-0.39, 0.29) is 11.5 Å². The third kappa shape index (κ3) is 1.85. The zero-order valence-corrected chi connectivity index (χ0v) is 11.8. The van der Waals surface area contributed by atoms with Gasteiger partial charge in [0, 0.05) is 11.6 Å². The lowest BCUT2D eigenvalue weighted by atomic mass is 10.1. The monoisotopic (exact) mass is 303 g/mol. The van der Waals surface area contributed by atoms with Crippen LogP contribution in [0.2, 0.25) is 0 Å². The second-order valence-corrected chi connectivity index (χ2v) is 5.12. The molecule has 6 heteroatoms. The molecule has 0 fully saturated rings. The van der Waals surface area contributed by atoms with Gasteiger partial charge in [0.25, 0.3) is 11.8 Å². The SMILES string of the molecule is O=Nc1ccc2c(N3C(=O)c4ccccc4C3=O)nccc2c1. The summed E-state index contributed by atoms with van der Waals surface area (Å²) in [7, 11) is 0. The number of amides is 2. The molecule has 0 spiro atoms. The molecule has 0 N–H and O–H groups in total. The maximum atomic E-state index is 12.6. The van der Waals surface area contributed by atoms with E-state index in [0.717, 1.165) is 4.90 Å². The zero-order valence-electron chi connectivity index (χ0n) is 11.8. The number of aromatic nitrogens is 1. The van der Waals surface area contributed by atoms with E-state index in [1.165, 1.54) is 12.3 Å². The number of imide groups is 1. The number of nitroso groups, excluding NO2 is 1. The number of anilines is 1. The number of hydrogen-bond acceptors (Lipinski definition) is 5. The van der Waals surface area contributed by atoms with Crippen molar-refractivity contribution in [2.75, 3.05) is 4.90 Å². The minimum atomic E-state index is -0.400. The molecule has 0 radical (unpaired) electrons. The Kier molecular flexibility index (Phi) is 2.77. The Morgan fingerprint density at radius 3 is 2.26 bits per heavy atom. The Balaban J connectivity index is 1.92. The lowest BCUT2D eigenvalue weighted by molar-refractivity contribution is 0.0925. The molecule has 2 aromatic carbocycles. The molecule has 4 rings (SSSR count). The van der Waals surface area contributed by atoms with E-state index in [4.69, 9.17) is 0 Å². The van der Waals surface area contributed by atoms with Crippen molar-refractivity contribution in [2.24, 2.45) is 5.18 Å². The second-order valence-electron chi connectivity index (χ2n) is 5.12. The van der Waals surface area contributed by atoms with Crippen molar-refractivity contribution in [3.63, 3.8) is 0 Å². The molecule has 2 heterocycles. The highest BCUT2D eigenvalue weighted by atomic mass is 16.3. The van der Waals surface area contributed by atoms with E-state index in [9.17, 15) is 14.5 Å². The van der Waals surface area contributed by atoms with Crippen molar-refractivity contribution in [2.45, 2.75) is 0 Å². The Hall–Kier alpha value is -3.41. The number of hydrogen-bond donors (Lipinski definition) is 0. The first kappa shape index (κ1) is 13.3. The first-order valence-electron chi connectivity index (χ1n) is 6.90. The third-order valence-electron chi connectivity index (χ3n) is 3.84. The molecule has 23 heavy (non-hydrogen) atoms. The fourth-order valence-electron chi connectivity index (χ4n) is 2.77. The fraction of sp³-hybridized carbons (Fsp3) is 0. The van der Waals surface area contributed by atoms with Crippen molar-refractivity contribution >= 4 is 34.1 Å². The van der Waals surface area contributed by atoms with Crippen LogP contribution in [-0.4, -0.2) is 16.8 Å².